The molecule has 0 fully saturated rings. The Morgan fingerprint density at radius 3 is 1.88 bits per heavy atom. The molecular weight excluding hydrogens is 478 g/mol. The summed E-state index contributed by atoms with van der Waals surface area (Å²) in [5.74, 6) is 0. The fraction of sp³-hybridized carbons (Fsp3) is 0. The van der Waals surface area contributed by atoms with E-state index in [0.29, 0.717) is 0 Å². The second-order valence-corrected chi connectivity index (χ2v) is 9.58. The summed E-state index contributed by atoms with van der Waals surface area (Å²) in [7, 11) is 0. The predicted molar refractivity (Wildman–Crippen MR) is 149 cm³/mol. The monoisotopic (exact) mass is 497 g/mol. The van der Waals surface area contributed by atoms with Crippen molar-refractivity contribution in [2.45, 2.75) is 0 Å². The molecular formula is C32H20BrN. The molecule has 2 heteroatoms. The average molecular weight is 498 g/mol. The van der Waals surface area contributed by atoms with Crippen molar-refractivity contribution in [2.24, 2.45) is 0 Å². The van der Waals surface area contributed by atoms with Gasteiger partial charge in [-0.15, -0.1) is 0 Å². The van der Waals surface area contributed by atoms with Crippen LogP contribution in [0.2, 0.25) is 0 Å². The van der Waals surface area contributed by atoms with Crippen molar-refractivity contribution in [3.8, 4) is 16.8 Å². The predicted octanol–water partition coefficient (Wildman–Crippen LogP) is 9.52. The van der Waals surface area contributed by atoms with Crippen LogP contribution < -0.4 is 0 Å². The minimum Gasteiger partial charge on any atom is -0.309 e. The maximum Gasteiger partial charge on any atom is 0.0559 e. The molecule has 0 aliphatic heterocycles. The van der Waals surface area contributed by atoms with Crippen molar-refractivity contribution in [3.05, 3.63) is 126 Å². The zero-order chi connectivity index (χ0) is 22.6. The maximum atomic E-state index is 3.86. The summed E-state index contributed by atoms with van der Waals surface area (Å²) in [6, 6.07) is 43.6. The zero-order valence-corrected chi connectivity index (χ0v) is 20.0. The molecule has 0 unspecified atom stereocenters. The second-order valence-electron chi connectivity index (χ2n) is 8.73. The molecule has 160 valence electrons. The number of aromatic nitrogens is 1. The first-order valence-electron chi connectivity index (χ1n) is 11.5. The topological polar surface area (TPSA) is 4.93 Å². The van der Waals surface area contributed by atoms with Crippen LogP contribution in [-0.4, -0.2) is 4.57 Å². The smallest absolute Gasteiger partial charge is 0.0559 e. The molecule has 7 aromatic rings. The summed E-state index contributed by atoms with van der Waals surface area (Å²) >= 11 is 3.86. The highest BCUT2D eigenvalue weighted by atomic mass is 79.9. The Bertz CT molecular complexity index is 1840. The van der Waals surface area contributed by atoms with Crippen LogP contribution in [0.5, 0.6) is 0 Å². The van der Waals surface area contributed by atoms with E-state index >= 15 is 0 Å². The molecule has 0 spiro atoms. The summed E-state index contributed by atoms with van der Waals surface area (Å²) in [5, 5.41) is 7.67. The van der Waals surface area contributed by atoms with Crippen molar-refractivity contribution >= 4 is 59.3 Å². The second kappa shape index (κ2) is 7.58. The van der Waals surface area contributed by atoms with E-state index in [9.17, 15) is 0 Å². The van der Waals surface area contributed by atoms with Crippen LogP contribution in [0.1, 0.15) is 0 Å². The Kier molecular flexibility index (Phi) is 4.36. The number of fused-ring (bicyclic) bond motifs is 7. The lowest BCUT2D eigenvalue weighted by Gasteiger charge is -2.10. The molecule has 34 heavy (non-hydrogen) atoms. The van der Waals surface area contributed by atoms with Crippen LogP contribution in [0.4, 0.5) is 0 Å². The van der Waals surface area contributed by atoms with E-state index in [4.69, 9.17) is 0 Å². The van der Waals surface area contributed by atoms with Gasteiger partial charge in [-0.1, -0.05) is 113 Å². The van der Waals surface area contributed by atoms with Crippen LogP contribution in [0.3, 0.4) is 0 Å². The van der Waals surface area contributed by atoms with Crippen molar-refractivity contribution < 1.29 is 0 Å². The number of benzene rings is 6. The molecule has 1 aromatic heterocycles. The zero-order valence-electron chi connectivity index (χ0n) is 18.4. The van der Waals surface area contributed by atoms with Gasteiger partial charge in [-0.05, 0) is 56.9 Å². The molecule has 1 nitrogen and oxygen atoms in total. The van der Waals surface area contributed by atoms with Gasteiger partial charge in [0.2, 0.25) is 0 Å². The fourth-order valence-electron chi connectivity index (χ4n) is 5.31. The number of hydrogen-bond acceptors (Lipinski definition) is 0. The molecule has 0 aliphatic carbocycles. The van der Waals surface area contributed by atoms with Crippen molar-refractivity contribution in [2.75, 3.05) is 0 Å². The first-order valence-corrected chi connectivity index (χ1v) is 12.3. The number of nitrogens with zero attached hydrogens (tertiary/aromatic N) is 1. The molecule has 0 bridgehead atoms. The van der Waals surface area contributed by atoms with Gasteiger partial charge < -0.3 is 4.57 Å². The minimum atomic E-state index is 1.12. The third kappa shape index (κ3) is 2.85. The first-order chi connectivity index (χ1) is 16.8. The summed E-state index contributed by atoms with van der Waals surface area (Å²) in [4.78, 5) is 0. The lowest BCUT2D eigenvalue weighted by Crippen LogP contribution is -1.94. The Balaban J connectivity index is 1.61. The summed E-state index contributed by atoms with van der Waals surface area (Å²) in [6.07, 6.45) is 0. The van der Waals surface area contributed by atoms with Gasteiger partial charge in [0.05, 0.1) is 11.0 Å². The van der Waals surface area contributed by atoms with Gasteiger partial charge >= 0.3 is 0 Å². The average Bonchev–Trinajstić information content (AvgIpc) is 3.24. The van der Waals surface area contributed by atoms with E-state index in [0.717, 1.165) is 10.2 Å². The highest BCUT2D eigenvalue weighted by Gasteiger charge is 2.18. The van der Waals surface area contributed by atoms with Crippen LogP contribution in [0.25, 0.3) is 60.2 Å². The third-order valence-electron chi connectivity index (χ3n) is 6.84. The van der Waals surface area contributed by atoms with E-state index in [1.807, 2.05) is 0 Å². The van der Waals surface area contributed by atoms with Crippen molar-refractivity contribution in [1.82, 2.24) is 4.57 Å². The molecule has 0 atom stereocenters. The van der Waals surface area contributed by atoms with Gasteiger partial charge in [-0.3, -0.25) is 0 Å². The number of halogens is 1. The van der Waals surface area contributed by atoms with Gasteiger partial charge in [-0.2, -0.15) is 0 Å². The highest BCUT2D eigenvalue weighted by molar-refractivity contribution is 9.10. The summed E-state index contributed by atoms with van der Waals surface area (Å²) < 4.78 is 3.52. The Morgan fingerprint density at radius 1 is 0.471 bits per heavy atom. The molecule has 6 aromatic carbocycles. The fourth-order valence-corrected chi connectivity index (χ4v) is 5.87. The van der Waals surface area contributed by atoms with E-state index in [1.54, 1.807) is 0 Å². The number of hydrogen-bond donors (Lipinski definition) is 0. The molecule has 1 heterocycles. The van der Waals surface area contributed by atoms with Crippen LogP contribution >= 0.6 is 15.9 Å². The minimum absolute atomic E-state index is 1.12. The molecule has 7 rings (SSSR count). The van der Waals surface area contributed by atoms with Gasteiger partial charge in [0.1, 0.15) is 0 Å². The quantitative estimate of drug-likeness (QED) is 0.224. The SMILES string of the molecule is Brc1cc2c(c3ccccc13)c1c3ccccc3ccc1n2-c1ccc(-c2ccccc2)cc1. The van der Waals surface area contributed by atoms with E-state index in [2.05, 4.69) is 142 Å². The van der Waals surface area contributed by atoms with E-state index < -0.39 is 0 Å². The van der Waals surface area contributed by atoms with Crippen LogP contribution in [0, 0.1) is 0 Å². The van der Waals surface area contributed by atoms with Crippen molar-refractivity contribution in [1.29, 1.82) is 0 Å². The number of rotatable bonds is 2. The largest absolute Gasteiger partial charge is 0.309 e. The molecule has 0 amide bonds. The Labute approximate surface area is 206 Å². The molecule has 0 aliphatic rings. The molecule has 0 saturated heterocycles. The molecule has 0 N–H and O–H groups in total. The van der Waals surface area contributed by atoms with Crippen molar-refractivity contribution in [3.63, 3.8) is 0 Å². The van der Waals surface area contributed by atoms with Crippen LogP contribution in [0.15, 0.2) is 126 Å². The third-order valence-corrected chi connectivity index (χ3v) is 7.50. The first kappa shape index (κ1) is 19.6. The standard InChI is InChI=1S/C32H20BrN/c33-28-20-30-32(27-13-7-6-12-26(27)28)31-25-11-5-4-10-23(25)16-19-29(31)34(30)24-17-14-22(15-18-24)21-8-2-1-3-9-21/h1-20H. The summed E-state index contributed by atoms with van der Waals surface area (Å²) in [6.45, 7) is 0. The summed E-state index contributed by atoms with van der Waals surface area (Å²) in [5.41, 5.74) is 6.06. The highest BCUT2D eigenvalue weighted by Crippen LogP contribution is 2.42. The molecule has 0 radical (unpaired) electrons. The van der Waals surface area contributed by atoms with E-state index in [-0.39, 0.29) is 0 Å². The Morgan fingerprint density at radius 2 is 1.09 bits per heavy atom. The van der Waals surface area contributed by atoms with Crippen LogP contribution in [-0.2, 0) is 0 Å². The van der Waals surface area contributed by atoms with Gasteiger partial charge in [-0.25, -0.2) is 0 Å². The maximum absolute atomic E-state index is 3.86. The van der Waals surface area contributed by atoms with Gasteiger partial charge in [0.25, 0.3) is 0 Å². The lowest BCUT2D eigenvalue weighted by molar-refractivity contribution is 1.18. The Hall–Kier alpha value is -3.88. The van der Waals surface area contributed by atoms with Gasteiger partial charge in [0.15, 0.2) is 0 Å². The lowest BCUT2D eigenvalue weighted by atomic mass is 10.00. The van der Waals surface area contributed by atoms with E-state index in [1.165, 1.54) is 54.5 Å². The molecule has 0 saturated carbocycles. The van der Waals surface area contributed by atoms with Gasteiger partial charge in [0, 0.05) is 20.9 Å². The normalized spacial score (nSPS) is 11.7.